The Hall–Kier alpha value is -1.90. The summed E-state index contributed by atoms with van der Waals surface area (Å²) in [7, 11) is -3.06. The molecule has 0 bridgehead atoms. The molecule has 0 spiro atoms. The number of nitrogens with zero attached hydrogens (tertiary/aromatic N) is 2. The van der Waals surface area contributed by atoms with E-state index in [9.17, 15) is 17.4 Å². The summed E-state index contributed by atoms with van der Waals surface area (Å²) in [5.74, 6) is 4.00. The van der Waals surface area contributed by atoms with Crippen LogP contribution in [0.15, 0.2) is 76.3 Å². The zero-order valence-electron chi connectivity index (χ0n) is 22.5. The molecule has 1 aromatic rings. The third-order valence-electron chi connectivity index (χ3n) is 6.38. The Morgan fingerprint density at radius 2 is 1.97 bits per heavy atom. The van der Waals surface area contributed by atoms with Crippen molar-refractivity contribution in [2.45, 2.75) is 95.8 Å². The number of allylic oxidation sites excluding steroid dienone is 2. The van der Waals surface area contributed by atoms with Crippen molar-refractivity contribution >= 4 is 27.3 Å². The lowest BCUT2D eigenvalue weighted by molar-refractivity contribution is -0.137. The summed E-state index contributed by atoms with van der Waals surface area (Å²) >= 11 is 1.58. The fourth-order valence-electron chi connectivity index (χ4n) is 4.32. The summed E-state index contributed by atoms with van der Waals surface area (Å²) in [6.45, 7) is 16.4. The van der Waals surface area contributed by atoms with Gasteiger partial charge in [-0.25, -0.2) is 8.51 Å². The Kier molecular flexibility index (Phi) is 11.7. The molecule has 0 N–H and O–H groups in total. The van der Waals surface area contributed by atoms with E-state index in [1.807, 2.05) is 47.8 Å². The Morgan fingerprint density at radius 3 is 2.51 bits per heavy atom. The van der Waals surface area contributed by atoms with Crippen molar-refractivity contribution in [2.24, 2.45) is 0 Å². The molecule has 0 saturated heterocycles. The molecule has 206 valence electrons. The molecule has 0 radical (unpaired) electrons. The molecular formula is C29H41F3N2OS2. The standard InChI is InChI=1S/C27H35F3N2OS2.C2H6/c1-6-9-24(12-7-10-20(2)21(3)19-31-16-17-34-22(31)4)32(25-14-15-25)35(5,33)26-13-8-11-23(18-26)27(28,29)30;1-2/h8,11,13,16-19,24-25H,2,4-7,9-10,12,14-15H2,1,3H3;1-2H3/b21-19+;. The highest BCUT2D eigenvalue weighted by atomic mass is 32.2. The number of hydrogen-bond donors (Lipinski definition) is 0. The Labute approximate surface area is 226 Å². The fraction of sp³-hybridized carbons (Fsp3) is 0.483. The molecule has 1 fully saturated rings. The number of halogens is 3. The summed E-state index contributed by atoms with van der Waals surface area (Å²) in [4.78, 5) is 2.13. The molecule has 3 rings (SSSR count). The minimum atomic E-state index is -4.49. The van der Waals surface area contributed by atoms with Crippen LogP contribution in [0.3, 0.4) is 0 Å². The van der Waals surface area contributed by atoms with E-state index in [4.69, 9.17) is 0 Å². The van der Waals surface area contributed by atoms with Crippen LogP contribution in [0, 0.1) is 0 Å². The van der Waals surface area contributed by atoms with Crippen LogP contribution in [-0.2, 0) is 15.9 Å². The van der Waals surface area contributed by atoms with Crippen LogP contribution in [0.25, 0.3) is 0 Å². The zero-order valence-corrected chi connectivity index (χ0v) is 24.2. The van der Waals surface area contributed by atoms with Gasteiger partial charge in [0.05, 0.1) is 20.3 Å². The Bertz CT molecular complexity index is 1100. The summed E-state index contributed by atoms with van der Waals surface area (Å²) in [5.41, 5.74) is 1.32. The van der Waals surface area contributed by atoms with Crippen LogP contribution >= 0.6 is 11.8 Å². The van der Waals surface area contributed by atoms with Gasteiger partial charge < -0.3 is 4.90 Å². The first-order valence-corrected chi connectivity index (χ1v) is 15.5. The normalized spacial score (nSPS) is 18.4. The molecule has 1 heterocycles. The van der Waals surface area contributed by atoms with Crippen LogP contribution < -0.4 is 0 Å². The second-order valence-corrected chi connectivity index (χ2v) is 12.4. The summed E-state index contributed by atoms with van der Waals surface area (Å²) < 4.78 is 55.9. The van der Waals surface area contributed by atoms with Gasteiger partial charge in [-0.3, -0.25) is 0 Å². The van der Waals surface area contributed by atoms with E-state index in [2.05, 4.69) is 26.0 Å². The molecule has 3 nitrogen and oxygen atoms in total. The van der Waals surface area contributed by atoms with Crippen molar-refractivity contribution in [3.8, 4) is 0 Å². The van der Waals surface area contributed by atoms with Gasteiger partial charge in [-0.15, -0.1) is 0 Å². The van der Waals surface area contributed by atoms with Gasteiger partial charge in [0, 0.05) is 29.4 Å². The van der Waals surface area contributed by atoms with E-state index in [0.717, 1.165) is 73.3 Å². The van der Waals surface area contributed by atoms with Gasteiger partial charge in [0.1, 0.15) is 0 Å². The van der Waals surface area contributed by atoms with Gasteiger partial charge in [-0.2, -0.15) is 13.2 Å². The average molecular weight is 555 g/mol. The average Bonchev–Trinajstić information content (AvgIpc) is 3.60. The summed E-state index contributed by atoms with van der Waals surface area (Å²) in [6, 6.07) is 4.94. The quantitative estimate of drug-likeness (QED) is 0.190. The molecule has 2 atom stereocenters. The van der Waals surface area contributed by atoms with Gasteiger partial charge in [0.2, 0.25) is 0 Å². The van der Waals surface area contributed by atoms with Crippen molar-refractivity contribution < 1.29 is 17.4 Å². The number of rotatable bonds is 12. The highest BCUT2D eigenvalue weighted by Crippen LogP contribution is 2.38. The predicted octanol–water partition coefficient (Wildman–Crippen LogP) is 8.98. The number of benzene rings is 1. The summed E-state index contributed by atoms with van der Waals surface area (Å²) in [5, 5.41) is 2.93. The van der Waals surface area contributed by atoms with E-state index in [-0.39, 0.29) is 17.0 Å². The SMILES string of the molecule is C=C(CCCC(CCC)N(C1CC1)S(=C)(=O)c1cccc(C(F)(F)F)c1)/C(C)=C/N1C=CSC1=C.CC. The molecule has 1 aromatic carbocycles. The van der Waals surface area contributed by atoms with Crippen molar-refractivity contribution in [1.82, 2.24) is 9.21 Å². The lowest BCUT2D eigenvalue weighted by atomic mass is 9.99. The lowest BCUT2D eigenvalue weighted by Crippen LogP contribution is -2.42. The van der Waals surface area contributed by atoms with Crippen LogP contribution in [0.5, 0.6) is 0 Å². The predicted molar refractivity (Wildman–Crippen MR) is 154 cm³/mol. The fourth-order valence-corrected chi connectivity index (χ4v) is 7.13. The van der Waals surface area contributed by atoms with Crippen LogP contribution in [0.2, 0.25) is 0 Å². The first-order valence-electron chi connectivity index (χ1n) is 12.9. The Balaban J connectivity index is 0.00000235. The van der Waals surface area contributed by atoms with E-state index >= 15 is 0 Å². The first kappa shape index (κ1) is 31.3. The second-order valence-electron chi connectivity index (χ2n) is 9.21. The van der Waals surface area contributed by atoms with E-state index in [0.29, 0.717) is 0 Å². The molecule has 1 aliphatic carbocycles. The zero-order chi connectivity index (χ0) is 27.8. The van der Waals surface area contributed by atoms with Crippen molar-refractivity contribution in [3.05, 3.63) is 77.0 Å². The van der Waals surface area contributed by atoms with Crippen LogP contribution in [0.4, 0.5) is 13.2 Å². The molecule has 2 aliphatic rings. The van der Waals surface area contributed by atoms with E-state index in [1.54, 1.807) is 11.8 Å². The van der Waals surface area contributed by atoms with Gasteiger partial charge in [-0.1, -0.05) is 63.8 Å². The van der Waals surface area contributed by atoms with E-state index in [1.165, 1.54) is 12.1 Å². The van der Waals surface area contributed by atoms with Crippen molar-refractivity contribution in [3.63, 3.8) is 0 Å². The summed E-state index contributed by atoms with van der Waals surface area (Å²) in [6.07, 6.45) is 5.43. The molecule has 0 aromatic heterocycles. The molecular weight excluding hydrogens is 513 g/mol. The smallest absolute Gasteiger partial charge is 0.318 e. The minimum absolute atomic E-state index is 0.0122. The first-order chi connectivity index (χ1) is 17.4. The Morgan fingerprint density at radius 1 is 1.30 bits per heavy atom. The molecule has 1 saturated carbocycles. The van der Waals surface area contributed by atoms with Gasteiger partial charge in [0.15, 0.2) is 0 Å². The highest BCUT2D eigenvalue weighted by Gasteiger charge is 2.40. The molecule has 2 unspecified atom stereocenters. The lowest BCUT2D eigenvalue weighted by Gasteiger charge is -2.35. The van der Waals surface area contributed by atoms with Gasteiger partial charge >= 0.3 is 6.18 Å². The largest absolute Gasteiger partial charge is 0.416 e. The topological polar surface area (TPSA) is 23.6 Å². The van der Waals surface area contributed by atoms with Crippen LogP contribution in [-0.4, -0.2) is 31.4 Å². The van der Waals surface area contributed by atoms with Crippen molar-refractivity contribution in [2.75, 3.05) is 0 Å². The maximum Gasteiger partial charge on any atom is 0.416 e. The third-order valence-corrected chi connectivity index (χ3v) is 9.39. The molecule has 0 amide bonds. The van der Waals surface area contributed by atoms with Crippen LogP contribution in [0.1, 0.15) is 78.2 Å². The molecule has 37 heavy (non-hydrogen) atoms. The third kappa shape index (κ3) is 8.55. The second kappa shape index (κ2) is 13.8. The maximum absolute atomic E-state index is 14.0. The van der Waals surface area contributed by atoms with E-state index < -0.39 is 21.4 Å². The van der Waals surface area contributed by atoms with Gasteiger partial charge in [-0.05, 0) is 80.5 Å². The van der Waals surface area contributed by atoms with Crippen molar-refractivity contribution in [1.29, 1.82) is 0 Å². The molecule has 1 aliphatic heterocycles. The minimum Gasteiger partial charge on any atom is -0.318 e. The highest BCUT2D eigenvalue weighted by molar-refractivity contribution is 8.06. The molecule has 8 heteroatoms. The monoisotopic (exact) mass is 554 g/mol. The number of alkyl halides is 3. The number of thioether (sulfide) groups is 1. The maximum atomic E-state index is 14.0. The number of hydrogen-bond acceptors (Lipinski definition) is 3. The van der Waals surface area contributed by atoms with Gasteiger partial charge in [0.25, 0.3) is 0 Å².